The van der Waals surface area contributed by atoms with Gasteiger partial charge >= 0.3 is 0 Å². The number of hydrogen-bond acceptors (Lipinski definition) is 1. The number of anilines is 2. The molecule has 0 radical (unpaired) electrons. The highest BCUT2D eigenvalue weighted by atomic mass is 14.9. The van der Waals surface area contributed by atoms with Gasteiger partial charge in [-0.2, -0.15) is 0 Å². The number of benzene rings is 4. The maximum Gasteiger partial charge on any atom is 0.0387 e. The van der Waals surface area contributed by atoms with E-state index in [0.717, 1.165) is 11.4 Å². The first-order valence-electron chi connectivity index (χ1n) is 10.7. The van der Waals surface area contributed by atoms with Crippen molar-refractivity contribution in [2.45, 2.75) is 32.1 Å². The molecule has 0 bridgehead atoms. The van der Waals surface area contributed by atoms with Crippen molar-refractivity contribution in [3.05, 3.63) is 119 Å². The molecule has 148 valence electrons. The standard InChI is InChI=1S/C29H27N/c1-29(2,3)21-15-17-22(18-16-21)30-23-10-8-9-20(19-23)28-26-13-6-4-11-24(26)25-12-5-7-14-27(25)28/h4-19,28,30H,1-3H3. The normalized spacial score (nSPS) is 13.0. The maximum atomic E-state index is 3.59. The van der Waals surface area contributed by atoms with Gasteiger partial charge in [-0.15, -0.1) is 0 Å². The van der Waals surface area contributed by atoms with Crippen LogP contribution in [0.1, 0.15) is 48.9 Å². The molecule has 0 aliphatic heterocycles. The van der Waals surface area contributed by atoms with Gasteiger partial charge in [0, 0.05) is 17.3 Å². The molecule has 4 aromatic carbocycles. The van der Waals surface area contributed by atoms with Crippen molar-refractivity contribution in [1.82, 2.24) is 0 Å². The Morgan fingerprint density at radius 1 is 0.600 bits per heavy atom. The molecule has 0 spiro atoms. The van der Waals surface area contributed by atoms with Crippen LogP contribution in [0.15, 0.2) is 97.1 Å². The summed E-state index contributed by atoms with van der Waals surface area (Å²) in [5.41, 5.74) is 10.6. The van der Waals surface area contributed by atoms with Gasteiger partial charge in [0.05, 0.1) is 0 Å². The molecule has 0 saturated heterocycles. The van der Waals surface area contributed by atoms with Gasteiger partial charge in [-0.05, 0) is 63.1 Å². The molecule has 5 rings (SSSR count). The Hall–Kier alpha value is -3.32. The predicted octanol–water partition coefficient (Wildman–Crippen LogP) is 7.89. The second-order valence-electron chi connectivity index (χ2n) is 9.19. The van der Waals surface area contributed by atoms with E-state index in [0.29, 0.717) is 0 Å². The smallest absolute Gasteiger partial charge is 0.0387 e. The van der Waals surface area contributed by atoms with Gasteiger partial charge in [-0.25, -0.2) is 0 Å². The third-order valence-electron chi connectivity index (χ3n) is 6.09. The lowest BCUT2D eigenvalue weighted by Gasteiger charge is -2.19. The molecule has 0 unspecified atom stereocenters. The van der Waals surface area contributed by atoms with Gasteiger partial charge in [0.2, 0.25) is 0 Å². The monoisotopic (exact) mass is 389 g/mol. The molecule has 1 aliphatic carbocycles. The van der Waals surface area contributed by atoms with Crippen LogP contribution in [0.5, 0.6) is 0 Å². The average molecular weight is 390 g/mol. The molecule has 1 heteroatoms. The summed E-state index contributed by atoms with van der Waals surface area (Å²) in [5.74, 6) is 0.280. The van der Waals surface area contributed by atoms with Crippen LogP contribution in [-0.2, 0) is 5.41 Å². The van der Waals surface area contributed by atoms with Crippen LogP contribution < -0.4 is 5.32 Å². The van der Waals surface area contributed by atoms with Gasteiger partial charge in [0.1, 0.15) is 0 Å². The Kier molecular flexibility index (Phi) is 4.47. The Morgan fingerprint density at radius 3 is 1.80 bits per heavy atom. The zero-order valence-corrected chi connectivity index (χ0v) is 17.8. The first kappa shape index (κ1) is 18.7. The molecule has 0 amide bonds. The largest absolute Gasteiger partial charge is 0.356 e. The van der Waals surface area contributed by atoms with E-state index in [-0.39, 0.29) is 11.3 Å². The van der Waals surface area contributed by atoms with E-state index in [9.17, 15) is 0 Å². The molecule has 0 aromatic heterocycles. The van der Waals surface area contributed by atoms with E-state index in [4.69, 9.17) is 0 Å². The Bertz CT molecular complexity index is 1150. The van der Waals surface area contributed by atoms with Crippen LogP contribution in [0.25, 0.3) is 11.1 Å². The molecule has 30 heavy (non-hydrogen) atoms. The van der Waals surface area contributed by atoms with Gasteiger partial charge in [0.25, 0.3) is 0 Å². The lowest BCUT2D eigenvalue weighted by Crippen LogP contribution is -2.10. The minimum Gasteiger partial charge on any atom is -0.356 e. The number of fused-ring (bicyclic) bond motifs is 3. The topological polar surface area (TPSA) is 12.0 Å². The zero-order chi connectivity index (χ0) is 20.7. The van der Waals surface area contributed by atoms with Crippen LogP contribution in [0.2, 0.25) is 0 Å². The van der Waals surface area contributed by atoms with Crippen molar-refractivity contribution in [1.29, 1.82) is 0 Å². The molecule has 0 heterocycles. The molecule has 1 nitrogen and oxygen atoms in total. The van der Waals surface area contributed by atoms with E-state index in [1.807, 2.05) is 0 Å². The van der Waals surface area contributed by atoms with Gasteiger partial charge in [-0.1, -0.05) is 93.6 Å². The van der Waals surface area contributed by atoms with Gasteiger partial charge in [-0.3, -0.25) is 0 Å². The fraction of sp³-hybridized carbons (Fsp3) is 0.172. The van der Waals surface area contributed by atoms with Crippen molar-refractivity contribution in [3.8, 4) is 11.1 Å². The maximum absolute atomic E-state index is 3.59. The average Bonchev–Trinajstić information content (AvgIpc) is 3.08. The molecular formula is C29H27N. The summed E-state index contributed by atoms with van der Waals surface area (Å²) in [7, 11) is 0. The third kappa shape index (κ3) is 3.31. The van der Waals surface area contributed by atoms with Crippen molar-refractivity contribution >= 4 is 11.4 Å². The van der Waals surface area contributed by atoms with Crippen LogP contribution in [0.4, 0.5) is 11.4 Å². The zero-order valence-electron chi connectivity index (χ0n) is 17.8. The lowest BCUT2D eigenvalue weighted by atomic mass is 9.87. The van der Waals surface area contributed by atoms with Crippen molar-refractivity contribution in [3.63, 3.8) is 0 Å². The van der Waals surface area contributed by atoms with Gasteiger partial charge < -0.3 is 5.32 Å². The number of nitrogens with one attached hydrogen (secondary N) is 1. The summed E-state index contributed by atoms with van der Waals surface area (Å²) in [6, 6.07) is 35.2. The van der Waals surface area contributed by atoms with Crippen LogP contribution in [0.3, 0.4) is 0 Å². The molecule has 1 N–H and O–H groups in total. The second-order valence-corrected chi connectivity index (χ2v) is 9.19. The summed E-state index contributed by atoms with van der Waals surface area (Å²) < 4.78 is 0. The summed E-state index contributed by atoms with van der Waals surface area (Å²) in [6.45, 7) is 6.74. The first-order valence-corrected chi connectivity index (χ1v) is 10.7. The number of rotatable bonds is 3. The summed E-state index contributed by atoms with van der Waals surface area (Å²) >= 11 is 0. The second kappa shape index (κ2) is 7.18. The fourth-order valence-corrected chi connectivity index (χ4v) is 4.53. The highest BCUT2D eigenvalue weighted by Crippen LogP contribution is 2.48. The molecule has 4 aromatic rings. The van der Waals surface area contributed by atoms with Crippen LogP contribution >= 0.6 is 0 Å². The Balaban J connectivity index is 1.49. The van der Waals surface area contributed by atoms with Gasteiger partial charge in [0.15, 0.2) is 0 Å². The van der Waals surface area contributed by atoms with Crippen molar-refractivity contribution < 1.29 is 0 Å². The van der Waals surface area contributed by atoms with E-state index < -0.39 is 0 Å². The van der Waals surface area contributed by atoms with E-state index >= 15 is 0 Å². The Morgan fingerprint density at radius 2 is 1.20 bits per heavy atom. The van der Waals surface area contributed by atoms with Crippen molar-refractivity contribution in [2.75, 3.05) is 5.32 Å². The third-order valence-corrected chi connectivity index (χ3v) is 6.09. The minimum atomic E-state index is 0.168. The highest BCUT2D eigenvalue weighted by molar-refractivity contribution is 5.81. The van der Waals surface area contributed by atoms with Crippen LogP contribution in [0, 0.1) is 0 Å². The lowest BCUT2D eigenvalue weighted by molar-refractivity contribution is 0.590. The summed E-state index contributed by atoms with van der Waals surface area (Å²) in [5, 5.41) is 3.59. The van der Waals surface area contributed by atoms with E-state index in [2.05, 4.69) is 123 Å². The quantitative estimate of drug-likeness (QED) is 0.331. The molecule has 1 aliphatic rings. The van der Waals surface area contributed by atoms with E-state index in [1.165, 1.54) is 33.4 Å². The van der Waals surface area contributed by atoms with Crippen LogP contribution in [-0.4, -0.2) is 0 Å². The van der Waals surface area contributed by atoms with Crippen molar-refractivity contribution in [2.24, 2.45) is 0 Å². The Labute approximate surface area is 179 Å². The molecule has 0 atom stereocenters. The minimum absolute atomic E-state index is 0.168. The molecule has 0 fully saturated rings. The molecule has 0 saturated carbocycles. The summed E-state index contributed by atoms with van der Waals surface area (Å²) in [6.07, 6.45) is 0. The highest BCUT2D eigenvalue weighted by Gasteiger charge is 2.29. The SMILES string of the molecule is CC(C)(C)c1ccc(Nc2cccc(C3c4ccccc4-c4ccccc43)c2)cc1. The predicted molar refractivity (Wildman–Crippen MR) is 128 cm³/mol. The fourth-order valence-electron chi connectivity index (χ4n) is 4.53. The number of hydrogen-bond donors (Lipinski definition) is 1. The molecular weight excluding hydrogens is 362 g/mol. The summed E-state index contributed by atoms with van der Waals surface area (Å²) in [4.78, 5) is 0. The van der Waals surface area contributed by atoms with E-state index in [1.54, 1.807) is 0 Å². The first-order chi connectivity index (χ1) is 14.5.